The smallest absolute Gasteiger partial charge is 0.342 e. The number of ether oxygens (including phenoxy) is 2. The van der Waals surface area contributed by atoms with Gasteiger partial charge in [-0.15, -0.1) is 0 Å². The number of hydrogen-bond acceptors (Lipinski definition) is 5. The lowest BCUT2D eigenvalue weighted by molar-refractivity contribution is -0.123. The summed E-state index contributed by atoms with van der Waals surface area (Å²) in [5.74, 6) is -0.564. The van der Waals surface area contributed by atoms with Crippen LogP contribution in [0, 0.1) is 0 Å². The van der Waals surface area contributed by atoms with Gasteiger partial charge in [0.2, 0.25) is 0 Å². The topological polar surface area (TPSA) is 93.7 Å². The minimum absolute atomic E-state index is 0.0673. The molecule has 0 fully saturated rings. The van der Waals surface area contributed by atoms with Gasteiger partial charge in [-0.3, -0.25) is 10.1 Å². The summed E-state index contributed by atoms with van der Waals surface area (Å²) >= 11 is 0. The van der Waals surface area contributed by atoms with Crippen molar-refractivity contribution in [3.05, 3.63) is 60.2 Å². The van der Waals surface area contributed by atoms with Crippen molar-refractivity contribution in [3.63, 3.8) is 0 Å². The maximum atomic E-state index is 12.3. The third-order valence-corrected chi connectivity index (χ3v) is 3.66. The zero-order valence-electron chi connectivity index (χ0n) is 15.2. The van der Waals surface area contributed by atoms with Crippen molar-refractivity contribution in [2.45, 2.75) is 26.3 Å². The summed E-state index contributed by atoms with van der Waals surface area (Å²) in [5.41, 5.74) is 0.179. The lowest BCUT2D eigenvalue weighted by Crippen LogP contribution is -2.44. The maximum absolute atomic E-state index is 12.3. The van der Waals surface area contributed by atoms with Crippen LogP contribution in [-0.2, 0) is 9.53 Å². The second-order valence-electron chi connectivity index (χ2n) is 5.82. The Morgan fingerprint density at radius 3 is 2.37 bits per heavy atom. The number of benzene rings is 2. The summed E-state index contributed by atoms with van der Waals surface area (Å²) in [4.78, 5) is 35.6. The fraction of sp³-hybridized carbons (Fsp3) is 0.250. The first kappa shape index (κ1) is 20.0. The molecule has 1 atom stereocenters. The molecule has 27 heavy (non-hydrogen) atoms. The van der Waals surface area contributed by atoms with Gasteiger partial charge in [0.05, 0.1) is 0 Å². The molecule has 0 spiro atoms. The van der Waals surface area contributed by atoms with Gasteiger partial charge < -0.3 is 14.8 Å². The standard InChI is InChI=1S/C20H22N2O5/c1-3-14(2)21-20(25)22-18(23)13-26-19(24)16-11-7-8-12-17(16)27-15-9-5-4-6-10-15/h4-12,14H,3,13H2,1-2H3,(H2,21,22,23,25)/t14-/m1/s1. The SMILES string of the molecule is CC[C@@H](C)NC(=O)NC(=O)COC(=O)c1ccccc1Oc1ccccc1. The Balaban J connectivity index is 1.92. The lowest BCUT2D eigenvalue weighted by Gasteiger charge is -2.12. The van der Waals surface area contributed by atoms with Gasteiger partial charge >= 0.3 is 12.0 Å². The van der Waals surface area contributed by atoms with E-state index in [0.717, 1.165) is 6.42 Å². The van der Waals surface area contributed by atoms with Crippen molar-refractivity contribution in [3.8, 4) is 11.5 Å². The first-order valence-electron chi connectivity index (χ1n) is 8.59. The third kappa shape index (κ3) is 6.47. The van der Waals surface area contributed by atoms with E-state index in [-0.39, 0.29) is 11.6 Å². The molecule has 2 N–H and O–H groups in total. The summed E-state index contributed by atoms with van der Waals surface area (Å²) in [6.07, 6.45) is 0.731. The average Bonchev–Trinajstić information content (AvgIpc) is 2.67. The predicted octanol–water partition coefficient (Wildman–Crippen LogP) is 3.26. The lowest BCUT2D eigenvalue weighted by atomic mass is 10.2. The van der Waals surface area contributed by atoms with E-state index in [1.54, 1.807) is 30.3 Å². The molecule has 7 nitrogen and oxygen atoms in total. The Morgan fingerprint density at radius 2 is 1.67 bits per heavy atom. The van der Waals surface area contributed by atoms with Crippen LogP contribution in [0.25, 0.3) is 0 Å². The molecule has 0 radical (unpaired) electrons. The molecule has 0 unspecified atom stereocenters. The normalized spacial score (nSPS) is 11.2. The van der Waals surface area contributed by atoms with Crippen LogP contribution >= 0.6 is 0 Å². The van der Waals surface area contributed by atoms with Gasteiger partial charge in [0, 0.05) is 6.04 Å². The van der Waals surface area contributed by atoms with E-state index < -0.39 is 24.5 Å². The zero-order valence-corrected chi connectivity index (χ0v) is 15.2. The Bertz CT molecular complexity index is 792. The number of imide groups is 1. The van der Waals surface area contributed by atoms with Crippen LogP contribution in [0.4, 0.5) is 4.79 Å². The Kier molecular flexibility index (Phi) is 7.37. The number of para-hydroxylation sites is 2. The molecule has 0 saturated heterocycles. The van der Waals surface area contributed by atoms with Crippen molar-refractivity contribution in [1.29, 1.82) is 0 Å². The quantitative estimate of drug-likeness (QED) is 0.730. The third-order valence-electron chi connectivity index (χ3n) is 3.66. The van der Waals surface area contributed by atoms with Gasteiger partial charge in [0.15, 0.2) is 6.61 Å². The zero-order chi connectivity index (χ0) is 19.6. The van der Waals surface area contributed by atoms with Gasteiger partial charge in [-0.05, 0) is 37.6 Å². The van der Waals surface area contributed by atoms with Gasteiger partial charge in [-0.2, -0.15) is 0 Å². The van der Waals surface area contributed by atoms with Crippen LogP contribution in [0.5, 0.6) is 11.5 Å². The second-order valence-corrected chi connectivity index (χ2v) is 5.82. The number of amides is 3. The van der Waals surface area contributed by atoms with Crippen LogP contribution in [-0.4, -0.2) is 30.6 Å². The fourth-order valence-corrected chi connectivity index (χ4v) is 2.07. The number of esters is 1. The molecule has 3 amide bonds. The van der Waals surface area contributed by atoms with Crippen LogP contribution in [0.3, 0.4) is 0 Å². The molecule has 0 bridgehead atoms. The fourth-order valence-electron chi connectivity index (χ4n) is 2.07. The van der Waals surface area contributed by atoms with Gasteiger partial charge in [0.25, 0.3) is 5.91 Å². The highest BCUT2D eigenvalue weighted by atomic mass is 16.5. The van der Waals surface area contributed by atoms with Crippen molar-refractivity contribution in [1.82, 2.24) is 10.6 Å². The summed E-state index contributed by atoms with van der Waals surface area (Å²) in [7, 11) is 0. The summed E-state index contributed by atoms with van der Waals surface area (Å²) < 4.78 is 10.7. The molecule has 0 aliphatic carbocycles. The molecule has 0 heterocycles. The van der Waals surface area contributed by atoms with E-state index in [4.69, 9.17) is 9.47 Å². The summed E-state index contributed by atoms with van der Waals surface area (Å²) in [6.45, 7) is 3.14. The number of carbonyl (C=O) groups is 3. The molecule has 0 aliphatic heterocycles. The van der Waals surface area contributed by atoms with Crippen LogP contribution in [0.15, 0.2) is 54.6 Å². The minimum Gasteiger partial charge on any atom is -0.456 e. The Hall–Kier alpha value is -3.35. The maximum Gasteiger partial charge on any atom is 0.342 e. The number of rotatable bonds is 7. The largest absolute Gasteiger partial charge is 0.456 e. The Morgan fingerprint density at radius 1 is 1.00 bits per heavy atom. The van der Waals surface area contributed by atoms with E-state index in [0.29, 0.717) is 11.5 Å². The van der Waals surface area contributed by atoms with Crippen LogP contribution in [0.1, 0.15) is 30.6 Å². The minimum atomic E-state index is -0.723. The molecule has 2 aromatic carbocycles. The molecule has 0 saturated carbocycles. The van der Waals surface area contributed by atoms with E-state index in [1.807, 2.05) is 32.0 Å². The number of carbonyl (C=O) groups excluding carboxylic acids is 3. The van der Waals surface area contributed by atoms with Crippen molar-refractivity contribution < 1.29 is 23.9 Å². The first-order chi connectivity index (χ1) is 13.0. The van der Waals surface area contributed by atoms with E-state index in [1.165, 1.54) is 6.07 Å². The molecule has 0 aliphatic rings. The highest BCUT2D eigenvalue weighted by Gasteiger charge is 2.17. The molecule has 142 valence electrons. The van der Waals surface area contributed by atoms with E-state index in [9.17, 15) is 14.4 Å². The van der Waals surface area contributed by atoms with Crippen molar-refractivity contribution >= 4 is 17.9 Å². The monoisotopic (exact) mass is 370 g/mol. The predicted molar refractivity (Wildman–Crippen MR) is 99.7 cm³/mol. The van der Waals surface area contributed by atoms with E-state index in [2.05, 4.69) is 10.6 Å². The highest BCUT2D eigenvalue weighted by molar-refractivity contribution is 5.97. The van der Waals surface area contributed by atoms with Crippen LogP contribution < -0.4 is 15.4 Å². The molecule has 2 aromatic rings. The van der Waals surface area contributed by atoms with Gasteiger partial charge in [0.1, 0.15) is 17.1 Å². The van der Waals surface area contributed by atoms with E-state index >= 15 is 0 Å². The molecule has 0 aromatic heterocycles. The second kappa shape index (κ2) is 9.96. The summed E-state index contributed by atoms with van der Waals surface area (Å²) in [5, 5.41) is 4.69. The van der Waals surface area contributed by atoms with Gasteiger partial charge in [-0.25, -0.2) is 9.59 Å². The number of nitrogens with one attached hydrogen (secondary N) is 2. The van der Waals surface area contributed by atoms with Crippen LogP contribution in [0.2, 0.25) is 0 Å². The molecular weight excluding hydrogens is 348 g/mol. The highest BCUT2D eigenvalue weighted by Crippen LogP contribution is 2.25. The van der Waals surface area contributed by atoms with Crippen molar-refractivity contribution in [2.75, 3.05) is 6.61 Å². The first-order valence-corrected chi connectivity index (χ1v) is 8.59. The number of urea groups is 1. The summed E-state index contributed by atoms with van der Waals surface area (Å²) in [6, 6.07) is 14.8. The molecular formula is C20H22N2O5. The molecule has 2 rings (SSSR count). The van der Waals surface area contributed by atoms with Crippen molar-refractivity contribution in [2.24, 2.45) is 0 Å². The molecule has 7 heteroatoms. The van der Waals surface area contributed by atoms with Gasteiger partial charge in [-0.1, -0.05) is 37.3 Å². The Labute approximate surface area is 157 Å². The number of hydrogen-bond donors (Lipinski definition) is 2. The average molecular weight is 370 g/mol.